The van der Waals surface area contributed by atoms with Crippen molar-refractivity contribution in [2.45, 2.75) is 24.8 Å². The molecule has 100 valence electrons. The number of nitrogens with zero attached hydrogens (tertiary/aromatic N) is 1. The molecule has 0 radical (unpaired) electrons. The maximum absolute atomic E-state index is 6.06. The van der Waals surface area contributed by atoms with Crippen LogP contribution >= 0.6 is 0 Å². The van der Waals surface area contributed by atoms with Gasteiger partial charge in [-0.2, -0.15) is 0 Å². The summed E-state index contributed by atoms with van der Waals surface area (Å²) in [5.41, 5.74) is 12.1. The largest absolute Gasteiger partial charge is 0.497 e. The molecule has 3 N–H and O–H groups in total. The van der Waals surface area contributed by atoms with E-state index in [2.05, 4.69) is 17.6 Å². The van der Waals surface area contributed by atoms with Gasteiger partial charge in [0, 0.05) is 20.6 Å². The van der Waals surface area contributed by atoms with E-state index in [1.807, 2.05) is 25.2 Å². The molecular formula is C14H23N3O. The maximum Gasteiger partial charge on any atom is 0.119 e. The van der Waals surface area contributed by atoms with Crippen LogP contribution in [-0.2, 0) is 12.0 Å². The van der Waals surface area contributed by atoms with Crippen molar-refractivity contribution >= 4 is 0 Å². The maximum atomic E-state index is 6.06. The van der Waals surface area contributed by atoms with E-state index in [0.717, 1.165) is 25.0 Å². The number of fused-ring (bicyclic) bond motifs is 1. The molecule has 0 amide bonds. The Morgan fingerprint density at radius 1 is 1.44 bits per heavy atom. The predicted molar refractivity (Wildman–Crippen MR) is 73.5 cm³/mol. The molecule has 18 heavy (non-hydrogen) atoms. The predicted octanol–water partition coefficient (Wildman–Crippen LogP) is 1.25. The molecule has 0 heterocycles. The van der Waals surface area contributed by atoms with Crippen LogP contribution in [0.25, 0.3) is 0 Å². The summed E-state index contributed by atoms with van der Waals surface area (Å²) < 4.78 is 5.34. The van der Waals surface area contributed by atoms with Gasteiger partial charge in [-0.3, -0.25) is 0 Å². The molecule has 2 rings (SSSR count). The summed E-state index contributed by atoms with van der Waals surface area (Å²) in [6.07, 6.45) is 3.34. The molecule has 0 fully saturated rings. The fourth-order valence-electron chi connectivity index (χ4n) is 2.86. The van der Waals surface area contributed by atoms with Crippen molar-refractivity contribution in [3.8, 4) is 5.75 Å². The summed E-state index contributed by atoms with van der Waals surface area (Å²) in [7, 11) is 5.71. The summed E-state index contributed by atoms with van der Waals surface area (Å²) in [5.74, 6) is 0.897. The van der Waals surface area contributed by atoms with E-state index in [-0.39, 0.29) is 5.54 Å². The lowest BCUT2D eigenvalue weighted by molar-refractivity contribution is 0.143. The molecule has 1 unspecified atom stereocenters. The molecule has 1 aromatic rings. The highest BCUT2D eigenvalue weighted by molar-refractivity contribution is 5.42. The average molecular weight is 249 g/mol. The van der Waals surface area contributed by atoms with Gasteiger partial charge in [0.1, 0.15) is 5.75 Å². The van der Waals surface area contributed by atoms with Crippen LogP contribution in [0.1, 0.15) is 24.0 Å². The van der Waals surface area contributed by atoms with Gasteiger partial charge in [-0.05, 0) is 42.5 Å². The van der Waals surface area contributed by atoms with Crippen molar-refractivity contribution < 1.29 is 4.74 Å². The third kappa shape index (κ3) is 2.36. The first-order valence-electron chi connectivity index (χ1n) is 6.44. The van der Waals surface area contributed by atoms with E-state index in [1.165, 1.54) is 11.1 Å². The first-order chi connectivity index (χ1) is 8.61. The van der Waals surface area contributed by atoms with Crippen LogP contribution in [0.15, 0.2) is 18.2 Å². The van der Waals surface area contributed by atoms with Crippen molar-refractivity contribution in [2.75, 3.05) is 27.7 Å². The fraction of sp³-hybridized carbons (Fsp3) is 0.571. The Labute approximate surface area is 109 Å². The number of nitrogens with one attached hydrogen (secondary N) is 1. The van der Waals surface area contributed by atoms with Crippen molar-refractivity contribution in [3.63, 3.8) is 0 Å². The van der Waals surface area contributed by atoms with Crippen LogP contribution in [0.4, 0.5) is 0 Å². The second-order valence-electron chi connectivity index (χ2n) is 5.17. The molecule has 0 aliphatic heterocycles. The zero-order chi connectivity index (χ0) is 13.2. The SMILES string of the molecule is COc1ccc2c(c1)C(CN)(NN(C)C)CCC2. The molecule has 1 aromatic carbocycles. The minimum Gasteiger partial charge on any atom is -0.497 e. The second kappa shape index (κ2) is 5.26. The van der Waals surface area contributed by atoms with Gasteiger partial charge in [0.15, 0.2) is 0 Å². The standard InChI is InChI=1S/C14H23N3O/c1-17(2)16-14(10-15)8-4-5-11-6-7-12(18-3)9-13(11)14/h6-7,9,16H,4-5,8,10,15H2,1-3H3. The second-order valence-corrected chi connectivity index (χ2v) is 5.17. The number of nitrogens with two attached hydrogens (primary N) is 1. The monoisotopic (exact) mass is 249 g/mol. The molecule has 1 aliphatic rings. The molecular weight excluding hydrogens is 226 g/mol. The molecule has 4 nitrogen and oxygen atoms in total. The number of aryl methyl sites for hydroxylation is 1. The first kappa shape index (κ1) is 13.3. The number of hydrogen-bond acceptors (Lipinski definition) is 4. The molecule has 0 saturated heterocycles. The molecule has 4 heteroatoms. The van der Waals surface area contributed by atoms with E-state index in [4.69, 9.17) is 10.5 Å². The Hall–Kier alpha value is -1.10. The Kier molecular flexibility index (Phi) is 3.90. The Bertz CT molecular complexity index is 420. The molecule has 0 bridgehead atoms. The van der Waals surface area contributed by atoms with E-state index >= 15 is 0 Å². The molecule has 0 aromatic heterocycles. The fourth-order valence-corrected chi connectivity index (χ4v) is 2.86. The summed E-state index contributed by atoms with van der Waals surface area (Å²) in [6, 6.07) is 6.31. The lowest BCUT2D eigenvalue weighted by Gasteiger charge is -2.41. The normalized spacial score (nSPS) is 22.9. The number of rotatable bonds is 4. The van der Waals surface area contributed by atoms with Crippen molar-refractivity contribution in [1.29, 1.82) is 0 Å². The number of hydrazine groups is 1. The van der Waals surface area contributed by atoms with Gasteiger partial charge in [-0.1, -0.05) is 6.07 Å². The van der Waals surface area contributed by atoms with Crippen LogP contribution in [0.5, 0.6) is 5.75 Å². The van der Waals surface area contributed by atoms with Gasteiger partial charge in [0.2, 0.25) is 0 Å². The highest BCUT2D eigenvalue weighted by Gasteiger charge is 2.36. The third-order valence-electron chi connectivity index (χ3n) is 3.67. The van der Waals surface area contributed by atoms with Crippen LogP contribution < -0.4 is 15.9 Å². The minimum absolute atomic E-state index is 0.161. The highest BCUT2D eigenvalue weighted by atomic mass is 16.5. The van der Waals surface area contributed by atoms with Crippen LogP contribution in [0.3, 0.4) is 0 Å². The number of benzene rings is 1. The smallest absolute Gasteiger partial charge is 0.119 e. The van der Waals surface area contributed by atoms with E-state index in [0.29, 0.717) is 6.54 Å². The van der Waals surface area contributed by atoms with Gasteiger partial charge in [0.25, 0.3) is 0 Å². The number of hydrogen-bond donors (Lipinski definition) is 2. The van der Waals surface area contributed by atoms with Gasteiger partial charge in [-0.25, -0.2) is 10.4 Å². The Morgan fingerprint density at radius 3 is 2.83 bits per heavy atom. The van der Waals surface area contributed by atoms with E-state index in [1.54, 1.807) is 7.11 Å². The summed E-state index contributed by atoms with van der Waals surface area (Å²) in [4.78, 5) is 0. The summed E-state index contributed by atoms with van der Waals surface area (Å²) in [6.45, 7) is 0.589. The molecule has 1 aliphatic carbocycles. The Morgan fingerprint density at radius 2 is 2.22 bits per heavy atom. The average Bonchev–Trinajstić information content (AvgIpc) is 2.38. The summed E-state index contributed by atoms with van der Waals surface area (Å²) in [5, 5.41) is 1.99. The zero-order valence-electron chi connectivity index (χ0n) is 11.5. The lowest BCUT2D eigenvalue weighted by Crippen LogP contribution is -2.55. The molecule has 0 saturated carbocycles. The van der Waals surface area contributed by atoms with Gasteiger partial charge >= 0.3 is 0 Å². The lowest BCUT2D eigenvalue weighted by atomic mass is 9.77. The minimum atomic E-state index is -0.161. The van der Waals surface area contributed by atoms with Crippen molar-refractivity contribution in [3.05, 3.63) is 29.3 Å². The van der Waals surface area contributed by atoms with Gasteiger partial charge < -0.3 is 10.5 Å². The van der Waals surface area contributed by atoms with Crippen LogP contribution in [-0.4, -0.2) is 32.8 Å². The zero-order valence-corrected chi connectivity index (χ0v) is 11.5. The topological polar surface area (TPSA) is 50.5 Å². The van der Waals surface area contributed by atoms with Gasteiger partial charge in [0.05, 0.1) is 12.6 Å². The molecule has 1 atom stereocenters. The Balaban J connectivity index is 2.46. The van der Waals surface area contributed by atoms with Crippen molar-refractivity contribution in [2.24, 2.45) is 5.73 Å². The molecule has 0 spiro atoms. The third-order valence-corrected chi connectivity index (χ3v) is 3.67. The van der Waals surface area contributed by atoms with Crippen LogP contribution in [0, 0.1) is 0 Å². The van der Waals surface area contributed by atoms with E-state index in [9.17, 15) is 0 Å². The van der Waals surface area contributed by atoms with Crippen molar-refractivity contribution in [1.82, 2.24) is 10.4 Å². The summed E-state index contributed by atoms with van der Waals surface area (Å²) >= 11 is 0. The van der Waals surface area contributed by atoms with Crippen LogP contribution in [0.2, 0.25) is 0 Å². The number of methoxy groups -OCH3 is 1. The quantitative estimate of drug-likeness (QED) is 0.789. The van der Waals surface area contributed by atoms with E-state index < -0.39 is 0 Å². The highest BCUT2D eigenvalue weighted by Crippen LogP contribution is 2.36. The first-order valence-corrected chi connectivity index (χ1v) is 6.44. The van der Waals surface area contributed by atoms with Gasteiger partial charge in [-0.15, -0.1) is 0 Å². The number of ether oxygens (including phenoxy) is 1.